The Hall–Kier alpha value is -3.12. The first-order chi connectivity index (χ1) is 14.0. The van der Waals surface area contributed by atoms with Crippen LogP contribution in [0.2, 0.25) is 0 Å². The highest BCUT2D eigenvalue weighted by molar-refractivity contribution is 7.91. The van der Waals surface area contributed by atoms with Crippen LogP contribution in [0.3, 0.4) is 0 Å². The number of carbonyl (C=O) groups excluding carboxylic acids is 1. The van der Waals surface area contributed by atoms with Crippen molar-refractivity contribution < 1.29 is 17.9 Å². The van der Waals surface area contributed by atoms with Crippen molar-refractivity contribution in [3.63, 3.8) is 0 Å². The lowest BCUT2D eigenvalue weighted by Crippen LogP contribution is -2.20. The Morgan fingerprint density at radius 3 is 2.24 bits per heavy atom. The summed E-state index contributed by atoms with van der Waals surface area (Å²) in [6.45, 7) is 1.46. The molecule has 0 saturated heterocycles. The van der Waals surface area contributed by atoms with E-state index in [1.54, 1.807) is 19.1 Å². The predicted octanol–water partition coefficient (Wildman–Crippen LogP) is 4.09. The van der Waals surface area contributed by atoms with Crippen LogP contribution in [-0.4, -0.2) is 26.7 Å². The molecule has 0 saturated carbocycles. The minimum Gasteiger partial charge on any atom is -0.483 e. The zero-order valence-corrected chi connectivity index (χ0v) is 17.0. The number of ether oxygens (including phenoxy) is 1. The van der Waals surface area contributed by atoms with Gasteiger partial charge in [0.25, 0.3) is 5.91 Å². The standard InChI is InChI=1S/C23H23NO4S/c1-2-29(26,27)21-14-12-20(13-15-21)24-23(25)17-28-22-11-7-6-10-19(22)16-18-8-4-3-5-9-18/h3-15H,2,16-17H2,1H3,(H,24,25). The molecule has 3 rings (SSSR count). The molecule has 29 heavy (non-hydrogen) atoms. The summed E-state index contributed by atoms with van der Waals surface area (Å²) in [5.41, 5.74) is 2.68. The third kappa shape index (κ3) is 5.68. The minimum absolute atomic E-state index is 0.0366. The second kappa shape index (κ2) is 9.39. The van der Waals surface area contributed by atoms with Crippen LogP contribution in [0.15, 0.2) is 83.8 Å². The molecule has 0 atom stereocenters. The van der Waals surface area contributed by atoms with Crippen molar-refractivity contribution in [2.75, 3.05) is 17.7 Å². The van der Waals surface area contributed by atoms with Gasteiger partial charge in [-0.15, -0.1) is 0 Å². The van der Waals surface area contributed by atoms with Crippen molar-refractivity contribution in [2.45, 2.75) is 18.2 Å². The van der Waals surface area contributed by atoms with Crippen molar-refractivity contribution in [1.82, 2.24) is 0 Å². The van der Waals surface area contributed by atoms with E-state index < -0.39 is 9.84 Å². The van der Waals surface area contributed by atoms with Gasteiger partial charge in [0.15, 0.2) is 16.4 Å². The van der Waals surface area contributed by atoms with E-state index in [4.69, 9.17) is 4.74 Å². The number of nitrogens with one attached hydrogen (secondary N) is 1. The topological polar surface area (TPSA) is 72.5 Å². The first-order valence-electron chi connectivity index (χ1n) is 9.35. The monoisotopic (exact) mass is 409 g/mol. The number of benzene rings is 3. The zero-order chi connectivity index (χ0) is 20.7. The molecular weight excluding hydrogens is 386 g/mol. The fraction of sp³-hybridized carbons (Fsp3) is 0.174. The van der Waals surface area contributed by atoms with E-state index >= 15 is 0 Å². The Kier molecular flexibility index (Phi) is 6.67. The summed E-state index contributed by atoms with van der Waals surface area (Å²) in [5, 5.41) is 2.72. The number of carbonyl (C=O) groups is 1. The van der Waals surface area contributed by atoms with E-state index in [9.17, 15) is 13.2 Å². The Bertz CT molecular complexity index is 1060. The van der Waals surface area contributed by atoms with E-state index in [0.29, 0.717) is 17.9 Å². The summed E-state index contributed by atoms with van der Waals surface area (Å²) in [6, 6.07) is 23.8. The zero-order valence-electron chi connectivity index (χ0n) is 16.2. The Labute approximate surface area is 171 Å². The van der Waals surface area contributed by atoms with Gasteiger partial charge in [-0.2, -0.15) is 0 Å². The molecule has 150 valence electrons. The van der Waals surface area contributed by atoms with Gasteiger partial charge in [-0.1, -0.05) is 55.5 Å². The average Bonchev–Trinajstić information content (AvgIpc) is 2.74. The van der Waals surface area contributed by atoms with Gasteiger partial charge < -0.3 is 10.1 Å². The molecule has 0 spiro atoms. The number of sulfone groups is 1. The maximum absolute atomic E-state index is 12.2. The number of hydrogen-bond donors (Lipinski definition) is 1. The molecule has 0 bridgehead atoms. The van der Waals surface area contributed by atoms with E-state index in [-0.39, 0.29) is 23.2 Å². The molecule has 3 aromatic rings. The van der Waals surface area contributed by atoms with Crippen molar-refractivity contribution >= 4 is 21.4 Å². The summed E-state index contributed by atoms with van der Waals surface area (Å²) >= 11 is 0. The minimum atomic E-state index is -3.26. The van der Waals surface area contributed by atoms with Gasteiger partial charge in [0.1, 0.15) is 5.75 Å². The van der Waals surface area contributed by atoms with E-state index in [1.807, 2.05) is 54.6 Å². The van der Waals surface area contributed by atoms with Crippen molar-refractivity contribution in [3.05, 3.63) is 90.0 Å². The van der Waals surface area contributed by atoms with Crippen LogP contribution in [-0.2, 0) is 21.1 Å². The molecule has 0 unspecified atom stereocenters. The van der Waals surface area contributed by atoms with Gasteiger partial charge >= 0.3 is 0 Å². The van der Waals surface area contributed by atoms with E-state index in [2.05, 4.69) is 5.32 Å². The molecular formula is C23H23NO4S. The highest BCUT2D eigenvalue weighted by atomic mass is 32.2. The maximum atomic E-state index is 12.2. The molecule has 0 aliphatic rings. The fourth-order valence-electron chi connectivity index (χ4n) is 2.86. The van der Waals surface area contributed by atoms with Crippen LogP contribution in [0.5, 0.6) is 5.75 Å². The number of anilines is 1. The molecule has 1 amide bonds. The van der Waals surface area contributed by atoms with Crippen molar-refractivity contribution in [1.29, 1.82) is 0 Å². The van der Waals surface area contributed by atoms with Crippen LogP contribution in [0, 0.1) is 0 Å². The van der Waals surface area contributed by atoms with Crippen LogP contribution < -0.4 is 10.1 Å². The lowest BCUT2D eigenvalue weighted by atomic mass is 10.0. The van der Waals surface area contributed by atoms with Gasteiger partial charge in [-0.05, 0) is 41.5 Å². The largest absolute Gasteiger partial charge is 0.483 e. The molecule has 1 N–H and O–H groups in total. The quantitative estimate of drug-likeness (QED) is 0.608. The van der Waals surface area contributed by atoms with Crippen LogP contribution in [0.4, 0.5) is 5.69 Å². The molecule has 0 aliphatic carbocycles. The normalized spacial score (nSPS) is 11.1. The third-order valence-corrected chi connectivity index (χ3v) is 6.20. The van der Waals surface area contributed by atoms with Gasteiger partial charge in [0.05, 0.1) is 10.6 Å². The smallest absolute Gasteiger partial charge is 0.262 e. The number of para-hydroxylation sites is 1. The van der Waals surface area contributed by atoms with Crippen molar-refractivity contribution in [2.24, 2.45) is 0 Å². The summed E-state index contributed by atoms with van der Waals surface area (Å²) in [7, 11) is -3.26. The third-order valence-electron chi connectivity index (χ3n) is 4.45. The van der Waals surface area contributed by atoms with Gasteiger partial charge in [0.2, 0.25) is 0 Å². The fourth-order valence-corrected chi connectivity index (χ4v) is 3.74. The first kappa shape index (κ1) is 20.6. The van der Waals surface area contributed by atoms with Gasteiger partial charge in [-0.25, -0.2) is 8.42 Å². The first-order valence-corrected chi connectivity index (χ1v) is 11.0. The molecule has 6 heteroatoms. The molecule has 3 aromatic carbocycles. The summed E-state index contributed by atoms with van der Waals surface area (Å²) in [4.78, 5) is 12.5. The molecule has 0 aliphatic heterocycles. The number of rotatable bonds is 8. The molecule has 0 heterocycles. The van der Waals surface area contributed by atoms with Crippen LogP contribution in [0.1, 0.15) is 18.1 Å². The maximum Gasteiger partial charge on any atom is 0.262 e. The lowest BCUT2D eigenvalue weighted by molar-refractivity contribution is -0.118. The van der Waals surface area contributed by atoms with Crippen molar-refractivity contribution in [3.8, 4) is 5.75 Å². The van der Waals surface area contributed by atoms with Gasteiger partial charge in [0, 0.05) is 12.1 Å². The van der Waals surface area contributed by atoms with Crippen LogP contribution in [0.25, 0.3) is 0 Å². The lowest BCUT2D eigenvalue weighted by Gasteiger charge is -2.12. The molecule has 0 radical (unpaired) electrons. The Balaban J connectivity index is 1.60. The van der Waals surface area contributed by atoms with E-state index in [1.165, 1.54) is 12.1 Å². The highest BCUT2D eigenvalue weighted by Gasteiger charge is 2.12. The summed E-state index contributed by atoms with van der Waals surface area (Å²) < 4.78 is 29.4. The van der Waals surface area contributed by atoms with E-state index in [0.717, 1.165) is 11.1 Å². The summed E-state index contributed by atoms with van der Waals surface area (Å²) in [6.07, 6.45) is 0.714. The highest BCUT2D eigenvalue weighted by Crippen LogP contribution is 2.21. The Morgan fingerprint density at radius 1 is 0.897 bits per heavy atom. The number of amides is 1. The molecule has 5 nitrogen and oxygen atoms in total. The second-order valence-electron chi connectivity index (χ2n) is 6.53. The summed E-state index contributed by atoms with van der Waals surface area (Å²) in [5.74, 6) is 0.385. The van der Waals surface area contributed by atoms with Crippen LogP contribution >= 0.6 is 0 Å². The number of hydrogen-bond acceptors (Lipinski definition) is 4. The SMILES string of the molecule is CCS(=O)(=O)c1ccc(NC(=O)COc2ccccc2Cc2ccccc2)cc1. The average molecular weight is 410 g/mol. The molecule has 0 fully saturated rings. The second-order valence-corrected chi connectivity index (χ2v) is 8.81. The van der Waals surface area contributed by atoms with Gasteiger partial charge in [-0.3, -0.25) is 4.79 Å². The predicted molar refractivity (Wildman–Crippen MR) is 114 cm³/mol. The molecule has 0 aromatic heterocycles. The Morgan fingerprint density at radius 2 is 1.55 bits per heavy atom.